The molecule has 1 saturated heterocycles. The molecule has 10 heteroatoms. The zero-order valence-electron chi connectivity index (χ0n) is 16.2. The predicted molar refractivity (Wildman–Crippen MR) is 112 cm³/mol. The van der Waals surface area contributed by atoms with Crippen LogP contribution in [0.25, 0.3) is 0 Å². The van der Waals surface area contributed by atoms with Crippen LogP contribution in [0.2, 0.25) is 0 Å². The van der Waals surface area contributed by atoms with Crippen molar-refractivity contribution in [1.82, 2.24) is 10.2 Å². The predicted octanol–water partition coefficient (Wildman–Crippen LogP) is 3.52. The maximum Gasteiger partial charge on any atom is 0.573 e. The minimum Gasteiger partial charge on any atom is -0.469 e. The van der Waals surface area contributed by atoms with Gasteiger partial charge < -0.3 is 19.7 Å². The highest BCUT2D eigenvalue weighted by atomic mass is 127. The SMILES string of the molecule is CN=C(NC1CC1c1ccccc1OC(F)(F)F)N1CCC(C(=O)OC)CC1.I. The molecule has 1 aromatic rings. The lowest BCUT2D eigenvalue weighted by Gasteiger charge is -2.33. The lowest BCUT2D eigenvalue weighted by atomic mass is 9.97. The molecule has 0 spiro atoms. The number of carbonyl (C=O) groups excluding carboxylic acids is 1. The van der Waals surface area contributed by atoms with Crippen molar-refractivity contribution in [3.63, 3.8) is 0 Å². The molecule has 1 saturated carbocycles. The van der Waals surface area contributed by atoms with E-state index in [2.05, 4.69) is 19.9 Å². The molecular formula is C19H25F3IN3O3. The van der Waals surface area contributed by atoms with E-state index < -0.39 is 6.36 Å². The lowest BCUT2D eigenvalue weighted by Crippen LogP contribution is -2.47. The number of hydrogen-bond acceptors (Lipinski definition) is 4. The number of nitrogens with zero attached hydrogens (tertiary/aromatic N) is 2. The highest BCUT2D eigenvalue weighted by molar-refractivity contribution is 14.0. The van der Waals surface area contributed by atoms with Crippen LogP contribution >= 0.6 is 24.0 Å². The number of carbonyl (C=O) groups is 1. The van der Waals surface area contributed by atoms with E-state index in [0.717, 1.165) is 0 Å². The largest absolute Gasteiger partial charge is 0.573 e. The Morgan fingerprint density at radius 3 is 2.48 bits per heavy atom. The van der Waals surface area contributed by atoms with Gasteiger partial charge in [-0.25, -0.2) is 0 Å². The van der Waals surface area contributed by atoms with Crippen LogP contribution < -0.4 is 10.1 Å². The first-order chi connectivity index (χ1) is 13.3. The number of nitrogens with one attached hydrogen (secondary N) is 1. The molecule has 1 aliphatic heterocycles. The maximum atomic E-state index is 12.6. The smallest absolute Gasteiger partial charge is 0.469 e. The third-order valence-corrected chi connectivity index (χ3v) is 5.19. The fourth-order valence-electron chi connectivity index (χ4n) is 3.66. The molecule has 29 heavy (non-hydrogen) atoms. The van der Waals surface area contributed by atoms with Crippen molar-refractivity contribution < 1.29 is 27.4 Å². The summed E-state index contributed by atoms with van der Waals surface area (Å²) in [5.41, 5.74) is 0.539. The highest BCUT2D eigenvalue weighted by Gasteiger charge is 2.43. The quantitative estimate of drug-likeness (QED) is 0.281. The van der Waals surface area contributed by atoms with Crippen molar-refractivity contribution >= 4 is 35.9 Å². The number of halogens is 4. The van der Waals surface area contributed by atoms with E-state index in [9.17, 15) is 18.0 Å². The van der Waals surface area contributed by atoms with Gasteiger partial charge >= 0.3 is 12.3 Å². The van der Waals surface area contributed by atoms with E-state index in [-0.39, 0.29) is 53.6 Å². The zero-order chi connectivity index (χ0) is 20.3. The van der Waals surface area contributed by atoms with Crippen LogP contribution in [-0.4, -0.2) is 56.5 Å². The van der Waals surface area contributed by atoms with E-state index >= 15 is 0 Å². The molecule has 2 aliphatic rings. The zero-order valence-corrected chi connectivity index (χ0v) is 18.6. The first-order valence-electron chi connectivity index (χ1n) is 9.23. The molecule has 0 radical (unpaired) electrons. The molecule has 2 fully saturated rings. The van der Waals surface area contributed by atoms with Gasteiger partial charge in [0.15, 0.2) is 5.96 Å². The van der Waals surface area contributed by atoms with Crippen LogP contribution in [0.4, 0.5) is 13.2 Å². The Morgan fingerprint density at radius 2 is 1.90 bits per heavy atom. The number of esters is 1. The second kappa shape index (κ2) is 9.86. The van der Waals surface area contributed by atoms with Crippen LogP contribution in [0, 0.1) is 5.92 Å². The van der Waals surface area contributed by atoms with Gasteiger partial charge in [-0.3, -0.25) is 9.79 Å². The minimum atomic E-state index is -4.71. The Kier molecular flexibility index (Phi) is 8.01. The van der Waals surface area contributed by atoms with Gasteiger partial charge in [0, 0.05) is 32.1 Å². The minimum absolute atomic E-state index is 0. The molecule has 0 aromatic heterocycles. The third kappa shape index (κ3) is 6.13. The van der Waals surface area contributed by atoms with Gasteiger partial charge in [-0.15, -0.1) is 37.1 Å². The molecule has 162 valence electrons. The monoisotopic (exact) mass is 527 g/mol. The molecule has 6 nitrogen and oxygen atoms in total. The molecule has 1 aliphatic carbocycles. The van der Waals surface area contributed by atoms with Crippen LogP contribution in [0.3, 0.4) is 0 Å². The fourth-order valence-corrected chi connectivity index (χ4v) is 3.66. The van der Waals surface area contributed by atoms with E-state index in [0.29, 0.717) is 43.9 Å². The van der Waals surface area contributed by atoms with E-state index in [1.54, 1.807) is 19.2 Å². The number of piperidine rings is 1. The van der Waals surface area contributed by atoms with Gasteiger partial charge in [0.05, 0.1) is 13.0 Å². The Hall–Kier alpha value is -1.72. The summed E-state index contributed by atoms with van der Waals surface area (Å²) in [7, 11) is 3.07. The number of para-hydroxylation sites is 1. The number of guanidine groups is 1. The number of hydrogen-bond donors (Lipinski definition) is 1. The number of ether oxygens (including phenoxy) is 2. The summed E-state index contributed by atoms with van der Waals surface area (Å²) < 4.78 is 46.8. The molecule has 3 rings (SSSR count). The summed E-state index contributed by atoms with van der Waals surface area (Å²) in [6.45, 7) is 1.34. The Labute approximate surface area is 184 Å². The van der Waals surface area contributed by atoms with Gasteiger partial charge in [-0.1, -0.05) is 18.2 Å². The van der Waals surface area contributed by atoms with E-state index in [1.807, 2.05) is 0 Å². The van der Waals surface area contributed by atoms with Crippen molar-refractivity contribution in [2.75, 3.05) is 27.2 Å². The number of benzene rings is 1. The van der Waals surface area contributed by atoms with Crippen molar-refractivity contribution in [3.05, 3.63) is 29.8 Å². The molecule has 2 unspecified atom stereocenters. The molecule has 0 amide bonds. The van der Waals surface area contributed by atoms with Crippen LogP contribution in [0.5, 0.6) is 5.75 Å². The third-order valence-electron chi connectivity index (χ3n) is 5.19. The summed E-state index contributed by atoms with van der Waals surface area (Å²) in [6, 6.07) is 6.23. The average Bonchev–Trinajstić information content (AvgIpc) is 3.44. The van der Waals surface area contributed by atoms with E-state index in [1.165, 1.54) is 19.2 Å². The first kappa shape index (κ1) is 23.6. The van der Waals surface area contributed by atoms with E-state index in [4.69, 9.17) is 4.74 Å². The summed E-state index contributed by atoms with van der Waals surface area (Å²) in [5, 5.41) is 3.33. The topological polar surface area (TPSA) is 63.2 Å². The van der Waals surface area contributed by atoms with Gasteiger partial charge in [-0.05, 0) is 30.9 Å². The molecule has 0 bridgehead atoms. The Bertz CT molecular complexity index is 737. The Balaban J connectivity index is 0.00000300. The van der Waals surface area contributed by atoms with Crippen molar-refractivity contribution in [2.45, 2.75) is 37.6 Å². The highest BCUT2D eigenvalue weighted by Crippen LogP contribution is 2.45. The standard InChI is InChI=1S/C19H24F3N3O3.HI/c1-23-18(25-9-7-12(8-10-25)17(26)27-2)24-15-11-14(15)13-5-3-4-6-16(13)28-19(20,21)22;/h3-6,12,14-15H,7-11H2,1-2H3,(H,23,24);1H. The molecule has 2 atom stereocenters. The first-order valence-corrected chi connectivity index (χ1v) is 9.23. The summed E-state index contributed by atoms with van der Waals surface area (Å²) >= 11 is 0. The fraction of sp³-hybridized carbons (Fsp3) is 0.579. The van der Waals surface area contributed by atoms with Crippen LogP contribution in [0.15, 0.2) is 29.3 Å². The maximum absolute atomic E-state index is 12.6. The summed E-state index contributed by atoms with van der Waals surface area (Å²) in [5.74, 6) is 0.191. The van der Waals surface area contributed by atoms with Gasteiger partial charge in [0.2, 0.25) is 0 Å². The lowest BCUT2D eigenvalue weighted by molar-refractivity contribution is -0.274. The molecule has 1 N–H and O–H groups in total. The van der Waals surface area contributed by atoms with Gasteiger partial charge in [-0.2, -0.15) is 0 Å². The number of methoxy groups -OCH3 is 1. The number of rotatable bonds is 4. The van der Waals surface area contributed by atoms with Gasteiger partial charge in [0.25, 0.3) is 0 Å². The molecular weight excluding hydrogens is 502 g/mol. The molecule has 1 heterocycles. The van der Waals surface area contributed by atoms with Crippen LogP contribution in [-0.2, 0) is 9.53 Å². The Morgan fingerprint density at radius 1 is 1.24 bits per heavy atom. The molecule has 1 aromatic carbocycles. The second-order valence-corrected chi connectivity index (χ2v) is 7.01. The van der Waals surface area contributed by atoms with Crippen molar-refractivity contribution in [1.29, 1.82) is 0 Å². The number of likely N-dealkylation sites (tertiary alicyclic amines) is 1. The number of alkyl halides is 3. The summed E-state index contributed by atoms with van der Waals surface area (Å²) in [6.07, 6.45) is -2.64. The van der Waals surface area contributed by atoms with Crippen molar-refractivity contribution in [3.8, 4) is 5.75 Å². The average molecular weight is 527 g/mol. The van der Waals surface area contributed by atoms with Gasteiger partial charge in [0.1, 0.15) is 5.75 Å². The van der Waals surface area contributed by atoms with Crippen molar-refractivity contribution in [2.24, 2.45) is 10.9 Å². The summed E-state index contributed by atoms with van der Waals surface area (Å²) in [4.78, 5) is 18.0. The number of aliphatic imine (C=N–C) groups is 1. The normalized spacial score (nSPS) is 22.5. The van der Waals surface area contributed by atoms with Crippen LogP contribution in [0.1, 0.15) is 30.7 Å². The second-order valence-electron chi connectivity index (χ2n) is 7.01.